The molecule has 20 heavy (non-hydrogen) atoms. The Morgan fingerprint density at radius 3 is 0.450 bits per heavy atom. The first-order valence-corrected chi connectivity index (χ1v) is 5.36. The summed E-state index contributed by atoms with van der Waals surface area (Å²) in [4.78, 5) is 0. The van der Waals surface area contributed by atoms with Crippen molar-refractivity contribution in [1.29, 1.82) is 0 Å². The highest BCUT2D eigenvalue weighted by Gasteiger charge is 2.27. The lowest BCUT2D eigenvalue weighted by molar-refractivity contribution is -0.0332. The fourth-order valence-corrected chi connectivity index (χ4v) is 0.600. The topological polar surface area (TPSA) is 162 Å². The van der Waals surface area contributed by atoms with Crippen LogP contribution in [0.3, 0.4) is 0 Å². The van der Waals surface area contributed by atoms with Crippen molar-refractivity contribution in [3.05, 3.63) is 0 Å². The summed E-state index contributed by atoms with van der Waals surface area (Å²) in [7, 11) is 0. The van der Waals surface area contributed by atoms with Crippen LogP contribution in [0.5, 0.6) is 0 Å². The monoisotopic (exact) mass is 432 g/mol. The van der Waals surface area contributed by atoms with Crippen molar-refractivity contribution in [2.24, 2.45) is 10.8 Å². The first kappa shape index (κ1) is 28.8. The minimum Gasteiger partial charge on any atom is -0.396 e. The van der Waals surface area contributed by atoms with Gasteiger partial charge < -0.3 is 40.9 Å². The first-order valence-electron chi connectivity index (χ1n) is 5.36. The maximum absolute atomic E-state index is 8.50. The summed E-state index contributed by atoms with van der Waals surface area (Å²) in [6, 6.07) is 0. The molecule has 0 aromatic rings. The van der Waals surface area contributed by atoms with E-state index in [1.165, 1.54) is 0 Å². The van der Waals surface area contributed by atoms with E-state index in [9.17, 15) is 0 Å². The van der Waals surface area contributed by atoms with Crippen molar-refractivity contribution in [3.8, 4) is 0 Å². The minimum atomic E-state index is -1.11. The van der Waals surface area contributed by atoms with Gasteiger partial charge in [0.2, 0.25) is 0 Å². The van der Waals surface area contributed by atoms with Crippen LogP contribution in [0.1, 0.15) is 0 Å². The van der Waals surface area contributed by atoms with Crippen LogP contribution in [-0.4, -0.2) is 93.7 Å². The molecule has 0 aliphatic rings. The third-order valence-electron chi connectivity index (χ3n) is 2.68. The summed E-state index contributed by atoms with van der Waals surface area (Å²) in [6.07, 6.45) is 0. The van der Waals surface area contributed by atoms with Crippen LogP contribution in [0.15, 0.2) is 0 Å². The molecule has 0 heterocycles. The van der Waals surface area contributed by atoms with Gasteiger partial charge in [-0.05, 0) is 0 Å². The molecular formula is C10H26Br2O8. The Morgan fingerprint density at radius 2 is 0.450 bits per heavy atom. The van der Waals surface area contributed by atoms with Crippen LogP contribution < -0.4 is 0 Å². The van der Waals surface area contributed by atoms with Gasteiger partial charge in [-0.25, -0.2) is 0 Å². The molecule has 0 amide bonds. The van der Waals surface area contributed by atoms with Gasteiger partial charge in [0, 0.05) is 0 Å². The SMILES string of the molecule is Br.Br.OCC(CO)(CO)CO.OCC(CO)(CO)CO. The predicted octanol–water partition coefficient (Wildman–Crippen LogP) is -2.96. The first-order chi connectivity index (χ1) is 8.49. The summed E-state index contributed by atoms with van der Waals surface area (Å²) in [5.41, 5.74) is -2.22. The number of rotatable bonds is 8. The standard InChI is InChI=1S/2C5H12O4.2BrH/c2*6-1-5(2-7,3-8)4-9;;/h2*6-9H,1-4H2;2*1H. The Balaban J connectivity index is -0.000000116. The van der Waals surface area contributed by atoms with E-state index >= 15 is 0 Å². The van der Waals surface area contributed by atoms with E-state index in [0.717, 1.165) is 0 Å². The summed E-state index contributed by atoms with van der Waals surface area (Å²) in [6.45, 7) is -3.25. The van der Waals surface area contributed by atoms with Crippen molar-refractivity contribution in [2.45, 2.75) is 0 Å². The normalized spacial score (nSPS) is 10.8. The third kappa shape index (κ3) is 9.55. The summed E-state index contributed by atoms with van der Waals surface area (Å²) in [5, 5.41) is 68.0. The van der Waals surface area contributed by atoms with E-state index in [4.69, 9.17) is 40.9 Å². The Bertz CT molecular complexity index is 133. The predicted molar refractivity (Wildman–Crippen MR) is 82.2 cm³/mol. The second-order valence-electron chi connectivity index (χ2n) is 4.26. The van der Waals surface area contributed by atoms with E-state index in [-0.39, 0.29) is 34.0 Å². The van der Waals surface area contributed by atoms with Gasteiger partial charge in [-0.3, -0.25) is 0 Å². The van der Waals surface area contributed by atoms with Gasteiger partial charge in [0.25, 0.3) is 0 Å². The molecule has 0 saturated heterocycles. The summed E-state index contributed by atoms with van der Waals surface area (Å²) >= 11 is 0. The Morgan fingerprint density at radius 1 is 0.350 bits per heavy atom. The molecule has 0 aliphatic heterocycles. The number of hydrogen-bond acceptors (Lipinski definition) is 8. The Hall–Kier alpha value is 0.640. The van der Waals surface area contributed by atoms with E-state index in [2.05, 4.69) is 0 Å². The average Bonchev–Trinajstić information content (AvgIpc) is 2.46. The molecule has 0 rings (SSSR count). The largest absolute Gasteiger partial charge is 0.396 e. The fraction of sp³-hybridized carbons (Fsp3) is 1.00. The van der Waals surface area contributed by atoms with E-state index in [1.807, 2.05) is 0 Å². The molecule has 0 aromatic heterocycles. The number of halogens is 2. The highest BCUT2D eigenvalue weighted by molar-refractivity contribution is 8.93. The summed E-state index contributed by atoms with van der Waals surface area (Å²) < 4.78 is 0. The molecule has 0 unspecified atom stereocenters. The number of aliphatic hydroxyl groups excluding tert-OH is 8. The smallest absolute Gasteiger partial charge is 0.0627 e. The third-order valence-corrected chi connectivity index (χ3v) is 2.68. The average molecular weight is 434 g/mol. The Kier molecular flexibility index (Phi) is 23.0. The molecule has 0 bridgehead atoms. The molecule has 0 fully saturated rings. The van der Waals surface area contributed by atoms with Gasteiger partial charge in [-0.1, -0.05) is 0 Å². The fourth-order valence-electron chi connectivity index (χ4n) is 0.600. The zero-order valence-electron chi connectivity index (χ0n) is 11.1. The second kappa shape index (κ2) is 16.0. The lowest BCUT2D eigenvalue weighted by atomic mass is 9.93. The molecule has 0 spiro atoms. The van der Waals surface area contributed by atoms with Crippen LogP contribution in [0.25, 0.3) is 0 Å². The lowest BCUT2D eigenvalue weighted by Crippen LogP contribution is -2.37. The van der Waals surface area contributed by atoms with Gasteiger partial charge in [-0.2, -0.15) is 0 Å². The molecule has 0 atom stereocenters. The molecule has 10 heteroatoms. The lowest BCUT2D eigenvalue weighted by Gasteiger charge is -2.23. The van der Waals surface area contributed by atoms with Gasteiger partial charge in [0.15, 0.2) is 0 Å². The van der Waals surface area contributed by atoms with Crippen molar-refractivity contribution in [1.82, 2.24) is 0 Å². The van der Waals surface area contributed by atoms with Crippen LogP contribution >= 0.6 is 34.0 Å². The van der Waals surface area contributed by atoms with E-state index < -0.39 is 63.7 Å². The maximum Gasteiger partial charge on any atom is 0.0627 e. The molecule has 0 saturated carbocycles. The molecule has 0 aliphatic carbocycles. The van der Waals surface area contributed by atoms with Crippen molar-refractivity contribution in [2.75, 3.05) is 52.9 Å². The summed E-state index contributed by atoms with van der Waals surface area (Å²) in [5.74, 6) is 0. The zero-order valence-corrected chi connectivity index (χ0v) is 14.5. The number of hydrogen-bond donors (Lipinski definition) is 8. The highest BCUT2D eigenvalue weighted by Crippen LogP contribution is 2.12. The molecule has 128 valence electrons. The van der Waals surface area contributed by atoms with Gasteiger partial charge >= 0.3 is 0 Å². The van der Waals surface area contributed by atoms with Crippen molar-refractivity contribution < 1.29 is 40.9 Å². The molecular weight excluding hydrogens is 408 g/mol. The molecule has 0 radical (unpaired) electrons. The van der Waals surface area contributed by atoms with Gasteiger partial charge in [0.05, 0.1) is 63.7 Å². The molecule has 0 aromatic carbocycles. The van der Waals surface area contributed by atoms with Crippen molar-refractivity contribution in [3.63, 3.8) is 0 Å². The van der Waals surface area contributed by atoms with Crippen molar-refractivity contribution >= 4 is 34.0 Å². The second-order valence-corrected chi connectivity index (χ2v) is 4.26. The van der Waals surface area contributed by atoms with Crippen LogP contribution in [0, 0.1) is 10.8 Å². The highest BCUT2D eigenvalue weighted by atomic mass is 79.9. The molecule has 8 nitrogen and oxygen atoms in total. The minimum absolute atomic E-state index is 0. The quantitative estimate of drug-likeness (QED) is 0.201. The van der Waals surface area contributed by atoms with Gasteiger partial charge in [0.1, 0.15) is 0 Å². The van der Waals surface area contributed by atoms with E-state index in [1.54, 1.807) is 0 Å². The van der Waals surface area contributed by atoms with Gasteiger partial charge in [-0.15, -0.1) is 34.0 Å². The Labute approximate surface area is 138 Å². The zero-order chi connectivity index (χ0) is 14.7. The molecule has 8 N–H and O–H groups in total. The van der Waals surface area contributed by atoms with Crippen LogP contribution in [-0.2, 0) is 0 Å². The van der Waals surface area contributed by atoms with Crippen LogP contribution in [0.2, 0.25) is 0 Å². The maximum atomic E-state index is 8.50. The number of aliphatic hydroxyl groups is 8. The van der Waals surface area contributed by atoms with E-state index in [0.29, 0.717) is 0 Å². The van der Waals surface area contributed by atoms with Crippen LogP contribution in [0.4, 0.5) is 0 Å².